The lowest BCUT2D eigenvalue weighted by atomic mass is 9.83. The van der Waals surface area contributed by atoms with Crippen LogP contribution in [0.1, 0.15) is 43.6 Å². The summed E-state index contributed by atoms with van der Waals surface area (Å²) in [6.45, 7) is 0. The zero-order valence-corrected chi connectivity index (χ0v) is 33.1. The molecule has 1 saturated carbocycles. The maximum atomic E-state index is 2.57. The van der Waals surface area contributed by atoms with Crippen LogP contribution in [0.15, 0.2) is 200 Å². The molecule has 3 heteroatoms. The number of rotatable bonds is 7. The number of hydrogen-bond acceptors (Lipinski definition) is 0. The van der Waals surface area contributed by atoms with Crippen molar-refractivity contribution in [3.8, 4) is 11.4 Å². The van der Waals surface area contributed by atoms with Crippen molar-refractivity contribution in [1.29, 1.82) is 0 Å². The SMILES string of the molecule is c1ccc([Si](c2ccccc2)(c2ccccc2)c2ccc(-n3c4ccccc4c4ccc(-n5c6ccccc6c6cccc(C7CCCCC7)c65)cc43)cc2)cc1. The first-order valence-corrected chi connectivity index (χ1v) is 22.6. The number of nitrogens with zero attached hydrogens (tertiary/aromatic N) is 2. The van der Waals surface area contributed by atoms with Crippen molar-refractivity contribution in [3.63, 3.8) is 0 Å². The molecule has 0 bridgehead atoms. The van der Waals surface area contributed by atoms with E-state index in [1.165, 1.54) is 113 Å². The van der Waals surface area contributed by atoms with E-state index in [1.54, 1.807) is 0 Å². The lowest BCUT2D eigenvalue weighted by Crippen LogP contribution is -2.74. The summed E-state index contributed by atoms with van der Waals surface area (Å²) in [5.41, 5.74) is 8.97. The van der Waals surface area contributed by atoms with Crippen LogP contribution in [0.5, 0.6) is 0 Å². The van der Waals surface area contributed by atoms with Crippen LogP contribution in [-0.4, -0.2) is 17.2 Å². The Hall–Kier alpha value is -6.42. The largest absolute Gasteiger partial charge is 0.309 e. The third-order valence-electron chi connectivity index (χ3n) is 12.9. The van der Waals surface area contributed by atoms with Crippen LogP contribution in [0.2, 0.25) is 0 Å². The van der Waals surface area contributed by atoms with E-state index in [0.717, 1.165) is 0 Å². The zero-order chi connectivity index (χ0) is 37.8. The molecule has 1 aliphatic rings. The quantitative estimate of drug-likeness (QED) is 0.113. The van der Waals surface area contributed by atoms with Crippen molar-refractivity contribution in [1.82, 2.24) is 9.13 Å². The Morgan fingerprint density at radius 3 is 1.44 bits per heavy atom. The number of benzene rings is 8. The lowest BCUT2D eigenvalue weighted by Gasteiger charge is -2.34. The second-order valence-corrected chi connectivity index (χ2v) is 19.7. The molecular weight excluding hydrogens is 705 g/mol. The summed E-state index contributed by atoms with van der Waals surface area (Å²) in [4.78, 5) is 0. The van der Waals surface area contributed by atoms with E-state index < -0.39 is 8.07 Å². The standard InChI is InChI=1S/C54H44N2Si/c1-5-18-39(19-6-1)46-28-17-29-50-48-27-14-16-31-52(48)56(54(46)50)41-34-37-49-47-26-13-15-30-51(47)55(53(49)38-41)40-32-35-45(36-33-40)57(42-20-7-2-8-21-42,43-22-9-3-10-23-43)44-24-11-4-12-25-44/h2-4,7-17,20-39H,1,5-6,18-19H2. The lowest BCUT2D eigenvalue weighted by molar-refractivity contribution is 0.445. The van der Waals surface area contributed by atoms with Crippen molar-refractivity contribution in [3.05, 3.63) is 206 Å². The van der Waals surface area contributed by atoms with Crippen molar-refractivity contribution in [2.24, 2.45) is 0 Å². The fourth-order valence-corrected chi connectivity index (χ4v) is 15.1. The molecule has 0 amide bonds. The summed E-state index contributed by atoms with van der Waals surface area (Å²) in [6, 6.07) is 75.3. The van der Waals surface area contributed by atoms with E-state index in [0.29, 0.717) is 5.92 Å². The van der Waals surface area contributed by atoms with Gasteiger partial charge in [0.15, 0.2) is 8.07 Å². The monoisotopic (exact) mass is 748 g/mol. The van der Waals surface area contributed by atoms with Crippen molar-refractivity contribution < 1.29 is 0 Å². The van der Waals surface area contributed by atoms with E-state index in [-0.39, 0.29) is 0 Å². The van der Waals surface area contributed by atoms with Crippen LogP contribution in [0.3, 0.4) is 0 Å². The molecule has 2 heterocycles. The first-order chi connectivity index (χ1) is 28.3. The molecule has 0 spiro atoms. The van der Waals surface area contributed by atoms with Crippen LogP contribution in [0.4, 0.5) is 0 Å². The van der Waals surface area contributed by atoms with Gasteiger partial charge in [-0.25, -0.2) is 0 Å². The molecule has 0 atom stereocenters. The first kappa shape index (κ1) is 33.9. The van der Waals surface area contributed by atoms with Crippen molar-refractivity contribution >= 4 is 72.4 Å². The first-order valence-electron chi connectivity index (χ1n) is 20.6. The average Bonchev–Trinajstić information content (AvgIpc) is 3.81. The highest BCUT2D eigenvalue weighted by Gasteiger charge is 2.41. The molecule has 1 fully saturated rings. The predicted molar refractivity (Wildman–Crippen MR) is 245 cm³/mol. The highest BCUT2D eigenvalue weighted by atomic mass is 28.3. The predicted octanol–water partition coefficient (Wildman–Crippen LogP) is 11.3. The number of fused-ring (bicyclic) bond motifs is 6. The number of para-hydroxylation sites is 3. The summed E-state index contributed by atoms with van der Waals surface area (Å²) < 4.78 is 5.06. The van der Waals surface area contributed by atoms with Crippen LogP contribution in [-0.2, 0) is 0 Å². The Balaban J connectivity index is 1.13. The van der Waals surface area contributed by atoms with Gasteiger partial charge in [0.25, 0.3) is 0 Å². The minimum absolute atomic E-state index is 0.595. The molecule has 274 valence electrons. The molecule has 0 radical (unpaired) electrons. The van der Waals surface area contributed by atoms with Crippen LogP contribution < -0.4 is 20.7 Å². The van der Waals surface area contributed by atoms with Gasteiger partial charge in [-0.2, -0.15) is 0 Å². The molecule has 2 aromatic heterocycles. The summed E-state index contributed by atoms with van der Waals surface area (Å²) in [5, 5.41) is 10.7. The molecule has 0 unspecified atom stereocenters. The molecule has 0 saturated heterocycles. The highest BCUT2D eigenvalue weighted by molar-refractivity contribution is 7.19. The second kappa shape index (κ2) is 13.9. The Kier molecular flexibility index (Phi) is 8.29. The smallest absolute Gasteiger partial charge is 0.179 e. The summed E-state index contributed by atoms with van der Waals surface area (Å²) in [6.07, 6.45) is 6.53. The van der Waals surface area contributed by atoms with Gasteiger partial charge in [-0.05, 0) is 81.5 Å². The second-order valence-electron chi connectivity index (χ2n) is 15.9. The molecule has 0 N–H and O–H groups in total. The molecule has 1 aliphatic carbocycles. The highest BCUT2D eigenvalue weighted by Crippen LogP contribution is 2.42. The van der Waals surface area contributed by atoms with E-state index in [9.17, 15) is 0 Å². The molecule has 0 aliphatic heterocycles. The third kappa shape index (κ3) is 5.37. The average molecular weight is 749 g/mol. The Morgan fingerprint density at radius 2 is 0.825 bits per heavy atom. The maximum Gasteiger partial charge on any atom is 0.179 e. The maximum absolute atomic E-state index is 2.65. The van der Waals surface area contributed by atoms with E-state index >= 15 is 0 Å². The summed E-state index contributed by atoms with van der Waals surface area (Å²) in [5.74, 6) is 0.595. The minimum atomic E-state index is -2.65. The van der Waals surface area contributed by atoms with Gasteiger partial charge in [0, 0.05) is 32.9 Å². The van der Waals surface area contributed by atoms with E-state index in [4.69, 9.17) is 0 Å². The fourth-order valence-electron chi connectivity index (χ4n) is 10.4. The Labute approximate surface area is 335 Å². The van der Waals surface area contributed by atoms with Crippen LogP contribution in [0, 0.1) is 0 Å². The van der Waals surface area contributed by atoms with Crippen LogP contribution in [0.25, 0.3) is 55.0 Å². The summed E-state index contributed by atoms with van der Waals surface area (Å²) in [7, 11) is -2.65. The zero-order valence-electron chi connectivity index (χ0n) is 32.1. The summed E-state index contributed by atoms with van der Waals surface area (Å²) >= 11 is 0. The molecule has 57 heavy (non-hydrogen) atoms. The van der Waals surface area contributed by atoms with Gasteiger partial charge in [-0.3, -0.25) is 0 Å². The van der Waals surface area contributed by atoms with Gasteiger partial charge in [-0.1, -0.05) is 183 Å². The van der Waals surface area contributed by atoms with Gasteiger partial charge in [0.05, 0.1) is 22.1 Å². The molecule has 11 rings (SSSR count). The third-order valence-corrected chi connectivity index (χ3v) is 17.7. The molecule has 2 nitrogen and oxygen atoms in total. The number of hydrogen-bond donors (Lipinski definition) is 0. The van der Waals surface area contributed by atoms with Gasteiger partial charge >= 0.3 is 0 Å². The Morgan fingerprint density at radius 1 is 0.351 bits per heavy atom. The fraction of sp³-hybridized carbons (Fsp3) is 0.111. The minimum Gasteiger partial charge on any atom is -0.309 e. The van der Waals surface area contributed by atoms with Gasteiger partial charge < -0.3 is 9.13 Å². The molecule has 10 aromatic rings. The van der Waals surface area contributed by atoms with Gasteiger partial charge in [-0.15, -0.1) is 0 Å². The van der Waals surface area contributed by atoms with E-state index in [2.05, 4.69) is 209 Å². The number of aromatic nitrogens is 2. The molecule has 8 aromatic carbocycles. The molecular formula is C54H44N2Si. The normalized spacial score (nSPS) is 13.9. The van der Waals surface area contributed by atoms with Crippen molar-refractivity contribution in [2.45, 2.75) is 38.0 Å². The van der Waals surface area contributed by atoms with Crippen LogP contribution >= 0.6 is 0 Å². The van der Waals surface area contributed by atoms with Gasteiger partial charge in [0.2, 0.25) is 0 Å². The van der Waals surface area contributed by atoms with E-state index in [1.807, 2.05) is 0 Å². The van der Waals surface area contributed by atoms with Crippen molar-refractivity contribution in [2.75, 3.05) is 0 Å². The topological polar surface area (TPSA) is 9.86 Å². The van der Waals surface area contributed by atoms with Gasteiger partial charge in [0.1, 0.15) is 0 Å². The Bertz CT molecular complexity index is 2930.